The SMILES string of the molecule is CCCCCN.O=[N+]([O-])O. The molecule has 0 saturated heterocycles. The first-order valence-corrected chi connectivity index (χ1v) is 3.18. The van der Waals surface area contributed by atoms with Gasteiger partial charge in [0.15, 0.2) is 0 Å². The average Bonchev–Trinajstić information content (AvgIpc) is 1.82. The lowest BCUT2D eigenvalue weighted by Gasteiger charge is -1.86. The van der Waals surface area contributed by atoms with Gasteiger partial charge < -0.3 is 10.9 Å². The predicted molar refractivity (Wildman–Crippen MR) is 37.4 cm³/mol. The van der Waals surface area contributed by atoms with Crippen molar-refractivity contribution in [1.29, 1.82) is 0 Å². The average molecular weight is 150 g/mol. The van der Waals surface area contributed by atoms with Crippen LogP contribution in [0.3, 0.4) is 0 Å². The maximum absolute atomic E-state index is 8.36. The molecule has 0 heterocycles. The predicted octanol–water partition coefficient (Wildman–Crippen LogP) is 0.788. The molecule has 0 spiro atoms. The van der Waals surface area contributed by atoms with E-state index in [0.29, 0.717) is 0 Å². The summed E-state index contributed by atoms with van der Waals surface area (Å²) in [6, 6.07) is 0. The van der Waals surface area contributed by atoms with Gasteiger partial charge in [-0.05, 0) is 13.0 Å². The van der Waals surface area contributed by atoms with E-state index in [9.17, 15) is 0 Å². The van der Waals surface area contributed by atoms with Crippen LogP contribution in [0.5, 0.6) is 0 Å². The van der Waals surface area contributed by atoms with Gasteiger partial charge in [0.25, 0.3) is 5.09 Å². The molecule has 0 bridgehead atoms. The van der Waals surface area contributed by atoms with E-state index in [4.69, 9.17) is 21.1 Å². The summed E-state index contributed by atoms with van der Waals surface area (Å²) >= 11 is 0. The second-order valence-electron chi connectivity index (χ2n) is 1.73. The van der Waals surface area contributed by atoms with E-state index >= 15 is 0 Å². The Morgan fingerprint density at radius 1 is 1.60 bits per heavy atom. The highest BCUT2D eigenvalue weighted by Crippen LogP contribution is 1.88. The van der Waals surface area contributed by atoms with E-state index in [-0.39, 0.29) is 0 Å². The molecule has 0 rings (SSSR count). The van der Waals surface area contributed by atoms with Gasteiger partial charge in [0.1, 0.15) is 0 Å². The monoisotopic (exact) mass is 150 g/mol. The first-order chi connectivity index (χ1) is 4.65. The van der Waals surface area contributed by atoms with Crippen molar-refractivity contribution in [2.75, 3.05) is 6.54 Å². The van der Waals surface area contributed by atoms with Crippen LogP contribution in [0.4, 0.5) is 0 Å². The van der Waals surface area contributed by atoms with E-state index in [0.717, 1.165) is 6.54 Å². The lowest BCUT2D eigenvalue weighted by atomic mass is 10.3. The van der Waals surface area contributed by atoms with Crippen LogP contribution in [0, 0.1) is 10.1 Å². The molecule has 0 aromatic carbocycles. The molecule has 0 fully saturated rings. The van der Waals surface area contributed by atoms with Gasteiger partial charge in [0.05, 0.1) is 0 Å². The molecular formula is C5H14N2O3. The minimum atomic E-state index is -1.50. The third-order valence-corrected chi connectivity index (χ3v) is 0.808. The van der Waals surface area contributed by atoms with Crippen LogP contribution in [-0.2, 0) is 0 Å². The molecule has 0 aromatic rings. The largest absolute Gasteiger partial charge is 0.330 e. The van der Waals surface area contributed by atoms with Gasteiger partial charge in [0.2, 0.25) is 0 Å². The standard InChI is InChI=1S/C5H13N.HNO3/c1-2-3-4-5-6;2-1(3)4/h2-6H2,1H3;(H,2,3,4). The third kappa shape index (κ3) is 58.2. The Kier molecular flexibility index (Phi) is 13.1. The van der Waals surface area contributed by atoms with Crippen LogP contribution in [0.2, 0.25) is 0 Å². The Labute approximate surface area is 59.9 Å². The zero-order chi connectivity index (χ0) is 8.41. The van der Waals surface area contributed by atoms with Gasteiger partial charge in [0, 0.05) is 0 Å². The summed E-state index contributed by atoms with van der Waals surface area (Å²) in [6.07, 6.45) is 3.75. The fourth-order valence-corrected chi connectivity index (χ4v) is 0.394. The molecule has 10 heavy (non-hydrogen) atoms. The first kappa shape index (κ1) is 11.9. The minimum absolute atomic E-state index is 0.855. The fourth-order valence-electron chi connectivity index (χ4n) is 0.394. The molecule has 0 atom stereocenters. The van der Waals surface area contributed by atoms with Gasteiger partial charge in [-0.25, -0.2) is 0 Å². The number of nitrogens with zero attached hydrogens (tertiary/aromatic N) is 1. The Balaban J connectivity index is 0. The molecule has 0 aliphatic heterocycles. The van der Waals surface area contributed by atoms with Crippen LogP contribution < -0.4 is 5.73 Å². The summed E-state index contributed by atoms with van der Waals surface area (Å²) in [7, 11) is 0. The van der Waals surface area contributed by atoms with E-state index in [2.05, 4.69) is 6.92 Å². The second kappa shape index (κ2) is 11.0. The Morgan fingerprint density at radius 2 is 2.00 bits per heavy atom. The smallest absolute Gasteiger partial charge is 0.291 e. The molecule has 5 nitrogen and oxygen atoms in total. The van der Waals surface area contributed by atoms with Crippen molar-refractivity contribution in [2.45, 2.75) is 26.2 Å². The number of rotatable bonds is 3. The fraction of sp³-hybridized carbons (Fsp3) is 1.00. The molecule has 3 N–H and O–H groups in total. The van der Waals surface area contributed by atoms with E-state index in [1.54, 1.807) is 0 Å². The number of hydrogen-bond acceptors (Lipinski definition) is 3. The summed E-state index contributed by atoms with van der Waals surface area (Å²) in [4.78, 5) is 8.36. The second-order valence-corrected chi connectivity index (χ2v) is 1.73. The van der Waals surface area contributed by atoms with Crippen molar-refractivity contribution in [1.82, 2.24) is 0 Å². The molecule has 0 amide bonds. The van der Waals surface area contributed by atoms with E-state index in [1.165, 1.54) is 19.3 Å². The van der Waals surface area contributed by atoms with Crippen molar-refractivity contribution in [3.63, 3.8) is 0 Å². The van der Waals surface area contributed by atoms with Crippen LogP contribution in [0.15, 0.2) is 0 Å². The molecule has 62 valence electrons. The number of hydrogen-bond donors (Lipinski definition) is 2. The summed E-state index contributed by atoms with van der Waals surface area (Å²) < 4.78 is 0. The topological polar surface area (TPSA) is 89.4 Å². The lowest BCUT2D eigenvalue weighted by Crippen LogP contribution is -1.96. The Morgan fingerprint density at radius 3 is 2.10 bits per heavy atom. The molecule has 0 aliphatic rings. The van der Waals surface area contributed by atoms with Crippen LogP contribution in [0.1, 0.15) is 26.2 Å². The van der Waals surface area contributed by atoms with Crippen molar-refractivity contribution >= 4 is 0 Å². The molecule has 5 heteroatoms. The highest BCUT2D eigenvalue weighted by Gasteiger charge is 1.75. The maximum atomic E-state index is 8.36. The molecule has 0 radical (unpaired) electrons. The van der Waals surface area contributed by atoms with Gasteiger partial charge in [-0.15, -0.1) is 10.1 Å². The zero-order valence-corrected chi connectivity index (χ0v) is 6.12. The zero-order valence-electron chi connectivity index (χ0n) is 6.12. The molecule has 0 saturated carbocycles. The quantitative estimate of drug-likeness (QED) is 0.353. The molecular weight excluding hydrogens is 136 g/mol. The summed E-state index contributed by atoms with van der Waals surface area (Å²) in [5.41, 5.74) is 5.21. The highest BCUT2D eigenvalue weighted by molar-refractivity contribution is 4.34. The van der Waals surface area contributed by atoms with Gasteiger partial charge in [-0.1, -0.05) is 19.8 Å². The van der Waals surface area contributed by atoms with Gasteiger partial charge in [-0.2, -0.15) is 0 Å². The molecule has 0 unspecified atom stereocenters. The van der Waals surface area contributed by atoms with Crippen molar-refractivity contribution in [3.8, 4) is 0 Å². The van der Waals surface area contributed by atoms with Crippen LogP contribution >= 0.6 is 0 Å². The first-order valence-electron chi connectivity index (χ1n) is 3.18. The minimum Gasteiger partial charge on any atom is -0.330 e. The van der Waals surface area contributed by atoms with E-state index in [1.807, 2.05) is 0 Å². The Bertz CT molecular complexity index is 69.3. The van der Waals surface area contributed by atoms with Crippen LogP contribution in [0.25, 0.3) is 0 Å². The summed E-state index contributed by atoms with van der Waals surface area (Å²) in [6.45, 7) is 3.03. The van der Waals surface area contributed by atoms with Crippen molar-refractivity contribution < 1.29 is 10.3 Å². The lowest BCUT2D eigenvalue weighted by molar-refractivity contribution is -0.742. The highest BCUT2D eigenvalue weighted by atomic mass is 16.9. The maximum Gasteiger partial charge on any atom is 0.291 e. The number of nitrogens with two attached hydrogens (primary N) is 1. The molecule has 0 aliphatic carbocycles. The van der Waals surface area contributed by atoms with Crippen molar-refractivity contribution in [3.05, 3.63) is 10.1 Å². The normalized spacial score (nSPS) is 7.80. The molecule has 0 aromatic heterocycles. The third-order valence-electron chi connectivity index (χ3n) is 0.808. The summed E-state index contributed by atoms with van der Waals surface area (Å²) in [5, 5.41) is 13.6. The Hall–Kier alpha value is -0.840. The van der Waals surface area contributed by atoms with Crippen LogP contribution in [-0.4, -0.2) is 16.8 Å². The van der Waals surface area contributed by atoms with E-state index < -0.39 is 5.09 Å². The number of unbranched alkanes of at least 4 members (excludes halogenated alkanes) is 2. The summed E-state index contributed by atoms with van der Waals surface area (Å²) in [5.74, 6) is 0. The van der Waals surface area contributed by atoms with Gasteiger partial charge >= 0.3 is 0 Å². The van der Waals surface area contributed by atoms with Crippen molar-refractivity contribution in [2.24, 2.45) is 5.73 Å². The van der Waals surface area contributed by atoms with Gasteiger partial charge in [-0.3, -0.25) is 0 Å².